The number of unbranched alkanes of at least 4 members (excludes halogenated alkanes) is 1. The normalized spacial score (nSPS) is 11.2. The van der Waals surface area contributed by atoms with Gasteiger partial charge in [-0.05, 0) is 51.0 Å². The van der Waals surface area contributed by atoms with Crippen LogP contribution in [-0.4, -0.2) is 62.2 Å². The fraction of sp³-hybridized carbons (Fsp3) is 0.632. The number of phosphoric acid groups is 1. The van der Waals surface area contributed by atoms with Crippen LogP contribution in [0.2, 0.25) is 0 Å². The van der Waals surface area contributed by atoms with Crippen molar-refractivity contribution in [1.29, 1.82) is 0 Å². The molecule has 1 aromatic rings. The largest absolute Gasteiger partial charge is 0.494 e. The number of nitrogens with zero attached hydrogens (tertiary/aromatic N) is 1. The van der Waals surface area contributed by atoms with Crippen LogP contribution < -0.4 is 4.74 Å². The first kappa shape index (κ1) is 29.5. The van der Waals surface area contributed by atoms with Gasteiger partial charge in [0, 0.05) is 11.5 Å². The predicted octanol–water partition coefficient (Wildman–Crippen LogP) is 4.79. The Balaban J connectivity index is 2.16. The molecule has 0 unspecified atom stereocenters. The van der Waals surface area contributed by atoms with Crippen LogP contribution in [0.15, 0.2) is 24.3 Å². The van der Waals surface area contributed by atoms with Crippen molar-refractivity contribution in [2.24, 2.45) is 0 Å². The second kappa shape index (κ2) is 17.9. The van der Waals surface area contributed by atoms with Gasteiger partial charge in [0.15, 0.2) is 0 Å². The van der Waals surface area contributed by atoms with Crippen LogP contribution in [0.5, 0.6) is 5.75 Å². The summed E-state index contributed by atoms with van der Waals surface area (Å²) >= 11 is 0. The summed E-state index contributed by atoms with van der Waals surface area (Å²) in [5, 5.41) is 9.18. The maximum absolute atomic E-state index is 12.1. The summed E-state index contributed by atoms with van der Waals surface area (Å²) < 4.78 is 38.3. The van der Waals surface area contributed by atoms with E-state index in [9.17, 15) is 19.5 Å². The van der Waals surface area contributed by atoms with Gasteiger partial charge in [0.05, 0.1) is 32.0 Å². The molecule has 1 aromatic carbocycles. The molecule has 0 aliphatic rings. The van der Waals surface area contributed by atoms with Crippen molar-refractivity contribution in [2.75, 3.05) is 51.1 Å². The van der Waals surface area contributed by atoms with Crippen LogP contribution in [0.3, 0.4) is 0 Å². The molecule has 0 saturated heterocycles. The van der Waals surface area contributed by atoms with E-state index in [1.54, 1.807) is 38.1 Å². The van der Waals surface area contributed by atoms with Gasteiger partial charge in [-0.3, -0.25) is 13.6 Å². The van der Waals surface area contributed by atoms with E-state index in [-0.39, 0.29) is 33.0 Å². The lowest BCUT2D eigenvalue weighted by molar-refractivity contribution is -0.756. The maximum atomic E-state index is 12.1. The minimum Gasteiger partial charge on any atom is -0.494 e. The van der Waals surface area contributed by atoms with E-state index in [2.05, 4.69) is 4.84 Å². The number of carbonyl (C=O) groups is 1. The molecule has 0 heterocycles. The highest BCUT2D eigenvalue weighted by molar-refractivity contribution is 8.76. The monoisotopic (exact) mass is 527 g/mol. The Morgan fingerprint density at radius 1 is 0.939 bits per heavy atom. The zero-order chi connectivity index (χ0) is 24.4. The fourth-order valence-electron chi connectivity index (χ4n) is 2.20. The van der Waals surface area contributed by atoms with Crippen LogP contribution >= 0.6 is 29.4 Å². The van der Waals surface area contributed by atoms with Gasteiger partial charge in [-0.15, -0.1) is 10.1 Å². The van der Waals surface area contributed by atoms with E-state index in [4.69, 9.17) is 23.0 Å². The molecule has 11 nitrogen and oxygen atoms in total. The average molecular weight is 528 g/mol. The van der Waals surface area contributed by atoms with E-state index >= 15 is 0 Å². The third kappa shape index (κ3) is 14.4. The Morgan fingerprint density at radius 2 is 1.55 bits per heavy atom. The standard InChI is InChI=1S/C19H30NO10PS2/c1-3-28-31(24,29-4-2)30-12-6-5-11-25-18-9-7-17(8-10-18)19(21)26-13-15-32-33-16-14-27-20(22)23/h7-10H,3-6,11-16H2,1-2H3. The molecule has 0 saturated carbocycles. The Hall–Kier alpha value is -1.50. The van der Waals surface area contributed by atoms with Crippen molar-refractivity contribution in [3.05, 3.63) is 39.9 Å². The molecule has 0 aliphatic heterocycles. The molecule has 0 fully saturated rings. The van der Waals surface area contributed by atoms with E-state index < -0.39 is 18.9 Å². The van der Waals surface area contributed by atoms with Crippen molar-refractivity contribution in [2.45, 2.75) is 26.7 Å². The molecule has 33 heavy (non-hydrogen) atoms. The van der Waals surface area contributed by atoms with Crippen LogP contribution in [0.25, 0.3) is 0 Å². The first-order valence-electron chi connectivity index (χ1n) is 10.4. The minimum absolute atomic E-state index is 0.0244. The summed E-state index contributed by atoms with van der Waals surface area (Å²) in [5.41, 5.74) is 0.412. The van der Waals surface area contributed by atoms with E-state index in [1.165, 1.54) is 21.6 Å². The summed E-state index contributed by atoms with van der Waals surface area (Å²) in [5.74, 6) is 1.21. The van der Waals surface area contributed by atoms with Crippen molar-refractivity contribution in [3.63, 3.8) is 0 Å². The smallest absolute Gasteiger partial charge is 0.474 e. The quantitative estimate of drug-likeness (QED) is 0.0576. The number of hydrogen-bond acceptors (Lipinski definition) is 12. The number of rotatable bonds is 20. The van der Waals surface area contributed by atoms with Crippen molar-refractivity contribution in [3.8, 4) is 5.75 Å². The molecular weight excluding hydrogens is 497 g/mol. The van der Waals surface area contributed by atoms with E-state index in [0.29, 0.717) is 42.3 Å². The predicted molar refractivity (Wildman–Crippen MR) is 126 cm³/mol. The van der Waals surface area contributed by atoms with Crippen molar-refractivity contribution < 1.29 is 42.3 Å². The summed E-state index contributed by atoms with van der Waals surface area (Å²) in [4.78, 5) is 26.2. The highest BCUT2D eigenvalue weighted by Gasteiger charge is 2.24. The molecular formula is C19H30NO10PS2. The number of esters is 1. The van der Waals surface area contributed by atoms with E-state index in [0.717, 1.165) is 0 Å². The molecule has 0 N–H and O–H groups in total. The highest BCUT2D eigenvalue weighted by Crippen LogP contribution is 2.49. The van der Waals surface area contributed by atoms with Crippen LogP contribution in [0.1, 0.15) is 37.0 Å². The number of phosphoric ester groups is 1. The van der Waals surface area contributed by atoms with Crippen LogP contribution in [-0.2, 0) is 27.7 Å². The number of carbonyl (C=O) groups excluding carboxylic acids is 1. The summed E-state index contributed by atoms with van der Waals surface area (Å²) in [6.07, 6.45) is 1.30. The lowest BCUT2D eigenvalue weighted by Crippen LogP contribution is -2.08. The van der Waals surface area contributed by atoms with Crippen LogP contribution in [0.4, 0.5) is 0 Å². The Morgan fingerprint density at radius 3 is 2.15 bits per heavy atom. The maximum Gasteiger partial charge on any atom is 0.474 e. The number of ether oxygens (including phenoxy) is 2. The molecule has 0 atom stereocenters. The average Bonchev–Trinajstić information content (AvgIpc) is 2.78. The zero-order valence-corrected chi connectivity index (χ0v) is 21.2. The molecule has 0 aromatic heterocycles. The number of benzene rings is 1. The molecule has 0 amide bonds. The zero-order valence-electron chi connectivity index (χ0n) is 18.7. The van der Waals surface area contributed by atoms with Gasteiger partial charge in [-0.1, -0.05) is 21.6 Å². The highest BCUT2D eigenvalue weighted by atomic mass is 33.1. The van der Waals surface area contributed by atoms with Gasteiger partial charge in [0.2, 0.25) is 0 Å². The third-order valence-electron chi connectivity index (χ3n) is 3.57. The lowest BCUT2D eigenvalue weighted by Gasteiger charge is -2.16. The van der Waals surface area contributed by atoms with Gasteiger partial charge < -0.3 is 14.3 Å². The van der Waals surface area contributed by atoms with E-state index in [1.807, 2.05) is 0 Å². The van der Waals surface area contributed by atoms with Crippen molar-refractivity contribution in [1.82, 2.24) is 0 Å². The van der Waals surface area contributed by atoms with Crippen molar-refractivity contribution >= 4 is 35.4 Å². The molecule has 0 spiro atoms. The fourth-order valence-corrected chi connectivity index (χ4v) is 5.05. The molecule has 14 heteroatoms. The Labute approximate surface area is 201 Å². The summed E-state index contributed by atoms with van der Waals surface area (Å²) in [6, 6.07) is 6.62. The molecule has 0 radical (unpaired) electrons. The second-order valence-corrected chi connectivity index (χ2v) is 10.4. The molecule has 1 rings (SSSR count). The lowest BCUT2D eigenvalue weighted by atomic mass is 10.2. The summed E-state index contributed by atoms with van der Waals surface area (Å²) in [6.45, 7) is 4.84. The Bertz CT molecular complexity index is 728. The van der Waals surface area contributed by atoms with Gasteiger partial charge in [-0.25, -0.2) is 9.36 Å². The molecule has 188 valence electrons. The summed E-state index contributed by atoms with van der Waals surface area (Å²) in [7, 11) is -0.625. The Kier molecular flexibility index (Phi) is 16.0. The third-order valence-corrected chi connectivity index (χ3v) is 7.55. The first-order chi connectivity index (χ1) is 15.9. The second-order valence-electron chi connectivity index (χ2n) is 6.03. The van der Waals surface area contributed by atoms with Gasteiger partial charge in [-0.2, -0.15) is 0 Å². The minimum atomic E-state index is -3.48. The first-order valence-corrected chi connectivity index (χ1v) is 14.3. The molecule has 0 bridgehead atoms. The topological polar surface area (TPSA) is 133 Å². The van der Waals surface area contributed by atoms with Gasteiger partial charge in [0.25, 0.3) is 5.09 Å². The van der Waals surface area contributed by atoms with Crippen LogP contribution in [0, 0.1) is 10.1 Å². The van der Waals surface area contributed by atoms with Gasteiger partial charge >= 0.3 is 13.8 Å². The SMILES string of the molecule is CCOP(=O)(OCC)OCCCCOc1ccc(C(=O)OCCSSCCO[N+](=O)[O-])cc1. The number of hydrogen-bond donors (Lipinski definition) is 0. The molecule has 0 aliphatic carbocycles. The van der Waals surface area contributed by atoms with Gasteiger partial charge in [0.1, 0.15) is 19.0 Å².